The number of aryl methyl sites for hydroxylation is 2. The Morgan fingerprint density at radius 1 is 1.05 bits per heavy atom. The van der Waals surface area contributed by atoms with Crippen LogP contribution in [0, 0.1) is 20.8 Å². The third-order valence-corrected chi connectivity index (χ3v) is 8.40. The Morgan fingerprint density at radius 3 is 2.49 bits per heavy atom. The molecule has 0 radical (unpaired) electrons. The molecule has 2 fully saturated rings. The summed E-state index contributed by atoms with van der Waals surface area (Å²) in [6, 6.07) is 14.4. The summed E-state index contributed by atoms with van der Waals surface area (Å²) in [6.07, 6.45) is 2.15. The first-order valence-electron chi connectivity index (χ1n) is 14.9. The molecule has 1 aromatic heterocycles. The average Bonchev–Trinajstić information content (AvgIpc) is 3.46. The number of morpholine rings is 1. The molecule has 2 aliphatic heterocycles. The number of nitrogens with zero attached hydrogens (tertiary/aromatic N) is 2. The Balaban J connectivity index is 1.41. The molecule has 0 aliphatic carbocycles. The van der Waals surface area contributed by atoms with Crippen molar-refractivity contribution >= 4 is 17.5 Å². The van der Waals surface area contributed by atoms with Crippen LogP contribution >= 0.6 is 0 Å². The molecule has 0 bridgehead atoms. The summed E-state index contributed by atoms with van der Waals surface area (Å²) in [7, 11) is 0. The van der Waals surface area contributed by atoms with Crippen LogP contribution in [0.3, 0.4) is 0 Å². The number of carbonyl (C=O) groups excluding carboxylic acids is 2. The Hall–Kier alpha value is -4.21. The number of aromatic nitrogens is 1. The van der Waals surface area contributed by atoms with Gasteiger partial charge in [-0.15, -0.1) is 0 Å². The molecule has 9 nitrogen and oxygen atoms in total. The van der Waals surface area contributed by atoms with Crippen molar-refractivity contribution in [3.63, 3.8) is 0 Å². The zero-order chi connectivity index (χ0) is 30.5. The number of H-pyrrole nitrogens is 1. The van der Waals surface area contributed by atoms with Crippen LogP contribution in [0.25, 0.3) is 11.1 Å². The predicted octanol–water partition coefficient (Wildman–Crippen LogP) is 3.93. The molecule has 2 aliphatic rings. The maximum atomic E-state index is 13.6. The largest absolute Gasteiger partial charge is 0.380 e. The second-order valence-electron chi connectivity index (χ2n) is 11.5. The van der Waals surface area contributed by atoms with Gasteiger partial charge in [0.2, 0.25) is 5.91 Å². The molecule has 1 unspecified atom stereocenters. The van der Waals surface area contributed by atoms with Gasteiger partial charge < -0.3 is 25.3 Å². The number of carbonyl (C=O) groups is 2. The highest BCUT2D eigenvalue weighted by atomic mass is 16.5. The van der Waals surface area contributed by atoms with Crippen molar-refractivity contribution < 1.29 is 14.3 Å². The van der Waals surface area contributed by atoms with Crippen molar-refractivity contribution in [2.45, 2.75) is 46.3 Å². The quantitative estimate of drug-likeness (QED) is 0.330. The maximum Gasteiger partial charge on any atom is 0.253 e. The standard InChI is InChI=1S/C34H41N5O4/c1-5-32(40)39-11-10-28(21-39)37-31-18-27(26-8-6-25(7-9-26)20-38-12-14-43-15-13-38)17-29(24(31)4)33(41)35-19-30-22(2)16-23(3)36-34(30)42/h5-9,16-18,28,37H,1,10-15,19-21H2,2-4H3,(H,35,41)(H,36,42). The Bertz CT molecular complexity index is 1560. The van der Waals surface area contributed by atoms with Crippen molar-refractivity contribution in [1.82, 2.24) is 20.1 Å². The summed E-state index contributed by atoms with van der Waals surface area (Å²) >= 11 is 0. The molecule has 5 rings (SSSR count). The monoisotopic (exact) mass is 583 g/mol. The Morgan fingerprint density at radius 2 is 1.79 bits per heavy atom. The first kappa shape index (κ1) is 30.3. The van der Waals surface area contributed by atoms with E-state index in [2.05, 4.69) is 57.4 Å². The molecule has 0 saturated carbocycles. The smallest absolute Gasteiger partial charge is 0.253 e. The normalized spacial score (nSPS) is 17.1. The highest BCUT2D eigenvalue weighted by Gasteiger charge is 2.26. The molecule has 3 heterocycles. The molecule has 2 aromatic carbocycles. The minimum atomic E-state index is -0.249. The molecular formula is C34H41N5O4. The van der Waals surface area contributed by atoms with E-state index in [0.717, 1.165) is 72.9 Å². The van der Waals surface area contributed by atoms with E-state index >= 15 is 0 Å². The summed E-state index contributed by atoms with van der Waals surface area (Å²) in [5.74, 6) is -0.325. The van der Waals surface area contributed by atoms with Crippen LogP contribution in [0.5, 0.6) is 0 Å². The third kappa shape index (κ3) is 7.24. The van der Waals surface area contributed by atoms with E-state index < -0.39 is 0 Å². The van der Waals surface area contributed by atoms with Gasteiger partial charge in [0.1, 0.15) is 0 Å². The van der Waals surface area contributed by atoms with Crippen molar-refractivity contribution in [3.05, 3.63) is 99.0 Å². The van der Waals surface area contributed by atoms with Crippen LogP contribution in [0.2, 0.25) is 0 Å². The fourth-order valence-corrected chi connectivity index (χ4v) is 5.88. The summed E-state index contributed by atoms with van der Waals surface area (Å²) in [6.45, 7) is 14.9. The van der Waals surface area contributed by atoms with Crippen LogP contribution in [-0.2, 0) is 22.6 Å². The second-order valence-corrected chi connectivity index (χ2v) is 11.5. The number of anilines is 1. The molecule has 9 heteroatoms. The van der Waals surface area contributed by atoms with Crippen molar-refractivity contribution in [1.29, 1.82) is 0 Å². The fraction of sp³-hybridized carbons (Fsp3) is 0.382. The first-order valence-corrected chi connectivity index (χ1v) is 14.9. The van der Waals surface area contributed by atoms with E-state index in [0.29, 0.717) is 24.2 Å². The molecule has 2 amide bonds. The molecule has 0 spiro atoms. The second kappa shape index (κ2) is 13.4. The molecule has 43 heavy (non-hydrogen) atoms. The van der Waals surface area contributed by atoms with E-state index in [9.17, 15) is 14.4 Å². The van der Waals surface area contributed by atoms with E-state index in [1.54, 1.807) is 4.90 Å². The van der Waals surface area contributed by atoms with Crippen LogP contribution in [-0.4, -0.2) is 72.0 Å². The molecular weight excluding hydrogens is 542 g/mol. The minimum absolute atomic E-state index is 0.0541. The van der Waals surface area contributed by atoms with Gasteiger partial charge in [0, 0.05) is 67.8 Å². The van der Waals surface area contributed by atoms with E-state index in [1.165, 1.54) is 11.6 Å². The van der Waals surface area contributed by atoms with E-state index in [1.807, 2.05) is 32.9 Å². The van der Waals surface area contributed by atoms with Crippen LogP contribution in [0.15, 0.2) is 59.9 Å². The van der Waals surface area contributed by atoms with Gasteiger partial charge in [-0.3, -0.25) is 19.3 Å². The van der Waals surface area contributed by atoms with Gasteiger partial charge in [0.15, 0.2) is 0 Å². The molecule has 3 N–H and O–H groups in total. The van der Waals surface area contributed by atoms with E-state index in [-0.39, 0.29) is 30.0 Å². The number of ether oxygens (including phenoxy) is 1. The lowest BCUT2D eigenvalue weighted by atomic mass is 9.96. The van der Waals surface area contributed by atoms with Crippen LogP contribution in [0.4, 0.5) is 5.69 Å². The number of hydrogen-bond acceptors (Lipinski definition) is 6. The number of benzene rings is 2. The Labute approximate surface area is 252 Å². The summed E-state index contributed by atoms with van der Waals surface area (Å²) in [5, 5.41) is 6.58. The minimum Gasteiger partial charge on any atom is -0.380 e. The average molecular weight is 584 g/mol. The topological polar surface area (TPSA) is 107 Å². The van der Waals surface area contributed by atoms with Gasteiger partial charge in [-0.2, -0.15) is 0 Å². The predicted molar refractivity (Wildman–Crippen MR) is 169 cm³/mol. The molecule has 2 saturated heterocycles. The number of likely N-dealkylation sites (tertiary alicyclic amines) is 1. The third-order valence-electron chi connectivity index (χ3n) is 8.40. The molecule has 1 atom stereocenters. The molecule has 226 valence electrons. The fourth-order valence-electron chi connectivity index (χ4n) is 5.88. The zero-order valence-electron chi connectivity index (χ0n) is 25.3. The number of hydrogen-bond donors (Lipinski definition) is 3. The van der Waals surface area contributed by atoms with Gasteiger partial charge in [0.05, 0.1) is 13.2 Å². The lowest BCUT2D eigenvalue weighted by molar-refractivity contribution is -0.125. The number of nitrogens with one attached hydrogen (secondary N) is 3. The van der Waals surface area contributed by atoms with Gasteiger partial charge >= 0.3 is 0 Å². The van der Waals surface area contributed by atoms with Gasteiger partial charge in [-0.05, 0) is 79.3 Å². The SMILES string of the molecule is C=CC(=O)N1CCC(Nc2cc(-c3ccc(CN4CCOCC4)cc3)cc(C(=O)NCc3c(C)cc(C)[nH]c3=O)c2C)C1. The zero-order valence-corrected chi connectivity index (χ0v) is 25.3. The van der Waals surface area contributed by atoms with Gasteiger partial charge in [-0.1, -0.05) is 30.8 Å². The lowest BCUT2D eigenvalue weighted by Gasteiger charge is -2.26. The Kier molecular flexibility index (Phi) is 9.43. The summed E-state index contributed by atoms with van der Waals surface area (Å²) in [4.78, 5) is 45.3. The van der Waals surface area contributed by atoms with Crippen LogP contribution < -0.4 is 16.2 Å². The van der Waals surface area contributed by atoms with Crippen LogP contribution in [0.1, 0.15) is 44.7 Å². The summed E-state index contributed by atoms with van der Waals surface area (Å²) in [5.41, 5.74) is 7.32. The van der Waals surface area contributed by atoms with Crippen molar-refractivity contribution in [3.8, 4) is 11.1 Å². The van der Waals surface area contributed by atoms with E-state index in [4.69, 9.17) is 4.74 Å². The van der Waals surface area contributed by atoms with Gasteiger partial charge in [0.25, 0.3) is 11.5 Å². The van der Waals surface area contributed by atoms with Crippen molar-refractivity contribution in [2.75, 3.05) is 44.7 Å². The van der Waals surface area contributed by atoms with Crippen molar-refractivity contribution in [2.24, 2.45) is 0 Å². The van der Waals surface area contributed by atoms with Gasteiger partial charge in [-0.25, -0.2) is 0 Å². The lowest BCUT2D eigenvalue weighted by Crippen LogP contribution is -2.35. The number of rotatable bonds is 9. The number of aromatic amines is 1. The highest BCUT2D eigenvalue weighted by Crippen LogP contribution is 2.31. The summed E-state index contributed by atoms with van der Waals surface area (Å²) < 4.78 is 5.47. The highest BCUT2D eigenvalue weighted by molar-refractivity contribution is 5.99. The first-order chi connectivity index (χ1) is 20.7. The number of amides is 2. The molecule has 3 aromatic rings. The maximum absolute atomic E-state index is 13.6. The number of pyridine rings is 1.